The van der Waals surface area contributed by atoms with Gasteiger partial charge in [-0.2, -0.15) is 0 Å². The predicted molar refractivity (Wildman–Crippen MR) is 63.5 cm³/mol. The van der Waals surface area contributed by atoms with Crippen molar-refractivity contribution in [3.8, 4) is 11.3 Å². The monoisotopic (exact) mass is 235 g/mol. The SMILES string of the molecule is CC(=O)Nc1ccc(-c2ccc(Cl)cc2)o1. The highest BCUT2D eigenvalue weighted by Crippen LogP contribution is 2.25. The van der Waals surface area contributed by atoms with E-state index in [9.17, 15) is 4.79 Å². The standard InChI is InChI=1S/C12H10ClNO2/c1-8(15)14-12-7-6-11(16-12)9-2-4-10(13)5-3-9/h2-7H,1H3,(H,14,15). The zero-order chi connectivity index (χ0) is 11.5. The minimum Gasteiger partial charge on any atom is -0.440 e. The molecule has 0 saturated carbocycles. The molecule has 0 fully saturated rings. The van der Waals surface area contributed by atoms with Crippen molar-refractivity contribution in [2.45, 2.75) is 6.92 Å². The van der Waals surface area contributed by atoms with Gasteiger partial charge in [-0.1, -0.05) is 11.6 Å². The van der Waals surface area contributed by atoms with Crippen molar-refractivity contribution < 1.29 is 9.21 Å². The predicted octanol–water partition coefficient (Wildman–Crippen LogP) is 3.56. The lowest BCUT2D eigenvalue weighted by Crippen LogP contribution is -2.04. The van der Waals surface area contributed by atoms with Gasteiger partial charge in [-0.05, 0) is 30.3 Å². The summed E-state index contributed by atoms with van der Waals surface area (Å²) >= 11 is 5.79. The van der Waals surface area contributed by atoms with Crippen LogP contribution in [0.25, 0.3) is 11.3 Å². The van der Waals surface area contributed by atoms with Gasteiger partial charge in [0.2, 0.25) is 5.91 Å². The average Bonchev–Trinajstić information content (AvgIpc) is 2.66. The Hall–Kier alpha value is -1.74. The number of hydrogen-bond acceptors (Lipinski definition) is 2. The molecule has 0 aliphatic carbocycles. The number of furan rings is 1. The molecule has 1 aromatic carbocycles. The van der Waals surface area contributed by atoms with Gasteiger partial charge in [0.15, 0.2) is 5.88 Å². The Morgan fingerprint density at radius 3 is 2.50 bits per heavy atom. The van der Waals surface area contributed by atoms with Gasteiger partial charge in [0.05, 0.1) is 0 Å². The van der Waals surface area contributed by atoms with Gasteiger partial charge >= 0.3 is 0 Å². The number of rotatable bonds is 2. The summed E-state index contributed by atoms with van der Waals surface area (Å²) in [4.78, 5) is 10.8. The molecule has 0 aliphatic rings. The summed E-state index contributed by atoms with van der Waals surface area (Å²) in [6.07, 6.45) is 0. The number of benzene rings is 1. The maximum Gasteiger partial charge on any atom is 0.223 e. The van der Waals surface area contributed by atoms with E-state index >= 15 is 0 Å². The van der Waals surface area contributed by atoms with Gasteiger partial charge < -0.3 is 4.42 Å². The Morgan fingerprint density at radius 1 is 1.19 bits per heavy atom. The maximum absolute atomic E-state index is 10.8. The highest BCUT2D eigenvalue weighted by Gasteiger charge is 2.05. The van der Waals surface area contributed by atoms with Crippen LogP contribution in [0.5, 0.6) is 0 Å². The van der Waals surface area contributed by atoms with Crippen molar-refractivity contribution >= 4 is 23.4 Å². The summed E-state index contributed by atoms with van der Waals surface area (Å²) in [6.45, 7) is 1.44. The quantitative estimate of drug-likeness (QED) is 0.865. The van der Waals surface area contributed by atoms with Crippen molar-refractivity contribution in [1.29, 1.82) is 0 Å². The zero-order valence-corrected chi connectivity index (χ0v) is 9.41. The summed E-state index contributed by atoms with van der Waals surface area (Å²) in [5.74, 6) is 0.981. The van der Waals surface area contributed by atoms with E-state index < -0.39 is 0 Å². The number of anilines is 1. The lowest BCUT2D eigenvalue weighted by molar-refractivity contribution is -0.114. The molecule has 2 rings (SSSR count). The number of halogens is 1. The molecule has 1 N–H and O–H groups in total. The van der Waals surface area contributed by atoms with Crippen molar-refractivity contribution in [2.24, 2.45) is 0 Å². The summed E-state index contributed by atoms with van der Waals surface area (Å²) in [6, 6.07) is 10.8. The van der Waals surface area contributed by atoms with E-state index in [-0.39, 0.29) is 5.91 Å². The number of carbonyl (C=O) groups is 1. The zero-order valence-electron chi connectivity index (χ0n) is 8.66. The van der Waals surface area contributed by atoms with E-state index in [1.165, 1.54) is 6.92 Å². The Morgan fingerprint density at radius 2 is 1.88 bits per heavy atom. The molecule has 0 radical (unpaired) electrons. The molecule has 82 valence electrons. The number of carbonyl (C=O) groups excluding carboxylic acids is 1. The van der Waals surface area contributed by atoms with Gasteiger partial charge in [0.1, 0.15) is 5.76 Å². The molecule has 0 bridgehead atoms. The molecule has 1 amide bonds. The smallest absolute Gasteiger partial charge is 0.223 e. The van der Waals surface area contributed by atoms with Crippen LogP contribution in [-0.2, 0) is 4.79 Å². The Kier molecular flexibility index (Phi) is 2.97. The van der Waals surface area contributed by atoms with Crippen molar-refractivity contribution in [1.82, 2.24) is 0 Å². The largest absolute Gasteiger partial charge is 0.440 e. The van der Waals surface area contributed by atoms with Crippen LogP contribution >= 0.6 is 11.6 Å². The van der Waals surface area contributed by atoms with Crippen LogP contribution in [0.1, 0.15) is 6.92 Å². The molecule has 2 aromatic rings. The van der Waals surface area contributed by atoms with Gasteiger partial charge in [-0.15, -0.1) is 0 Å². The Balaban J connectivity index is 2.24. The summed E-state index contributed by atoms with van der Waals surface area (Å²) in [5.41, 5.74) is 0.918. The van der Waals surface area contributed by atoms with E-state index in [1.54, 1.807) is 24.3 Å². The Bertz CT molecular complexity index is 502. The molecule has 1 aromatic heterocycles. The third-order valence-corrected chi connectivity index (χ3v) is 2.29. The van der Waals surface area contributed by atoms with Crippen molar-refractivity contribution in [2.75, 3.05) is 5.32 Å². The highest BCUT2D eigenvalue weighted by atomic mass is 35.5. The highest BCUT2D eigenvalue weighted by molar-refractivity contribution is 6.30. The van der Waals surface area contributed by atoms with Crippen LogP contribution in [0.2, 0.25) is 5.02 Å². The van der Waals surface area contributed by atoms with Crippen LogP contribution in [-0.4, -0.2) is 5.91 Å². The minimum atomic E-state index is -0.156. The van der Waals surface area contributed by atoms with Crippen LogP contribution in [0.15, 0.2) is 40.8 Å². The number of amides is 1. The van der Waals surface area contributed by atoms with Crippen LogP contribution in [0.4, 0.5) is 5.88 Å². The van der Waals surface area contributed by atoms with E-state index in [0.29, 0.717) is 16.7 Å². The van der Waals surface area contributed by atoms with Gasteiger partial charge in [0, 0.05) is 23.6 Å². The van der Waals surface area contributed by atoms with Gasteiger partial charge in [-0.25, -0.2) is 0 Å². The topological polar surface area (TPSA) is 42.2 Å². The number of nitrogens with one attached hydrogen (secondary N) is 1. The fraction of sp³-hybridized carbons (Fsp3) is 0.0833. The second-order valence-corrected chi connectivity index (χ2v) is 3.79. The molecule has 0 saturated heterocycles. The van der Waals surface area contributed by atoms with Crippen molar-refractivity contribution in [3.05, 3.63) is 41.4 Å². The molecule has 0 unspecified atom stereocenters. The fourth-order valence-electron chi connectivity index (χ4n) is 1.35. The lowest BCUT2D eigenvalue weighted by Gasteiger charge is -1.98. The average molecular weight is 236 g/mol. The van der Waals surface area contributed by atoms with Gasteiger partial charge in [-0.3, -0.25) is 10.1 Å². The third kappa shape index (κ3) is 2.44. The molecule has 4 heteroatoms. The second-order valence-electron chi connectivity index (χ2n) is 3.35. The first-order valence-electron chi connectivity index (χ1n) is 4.78. The molecule has 16 heavy (non-hydrogen) atoms. The van der Waals surface area contributed by atoms with E-state index in [4.69, 9.17) is 16.0 Å². The maximum atomic E-state index is 10.8. The molecule has 1 heterocycles. The van der Waals surface area contributed by atoms with E-state index in [2.05, 4.69) is 5.32 Å². The summed E-state index contributed by atoms with van der Waals surface area (Å²) in [7, 11) is 0. The van der Waals surface area contributed by atoms with Gasteiger partial charge in [0.25, 0.3) is 0 Å². The van der Waals surface area contributed by atoms with Crippen LogP contribution in [0.3, 0.4) is 0 Å². The first-order valence-corrected chi connectivity index (χ1v) is 5.16. The first-order chi connectivity index (χ1) is 7.65. The normalized spacial score (nSPS) is 10.1. The molecular weight excluding hydrogens is 226 g/mol. The summed E-state index contributed by atoms with van der Waals surface area (Å²) in [5, 5.41) is 3.25. The molecule has 3 nitrogen and oxygen atoms in total. The van der Waals surface area contributed by atoms with Crippen LogP contribution in [0, 0.1) is 0 Å². The summed E-state index contributed by atoms with van der Waals surface area (Å²) < 4.78 is 5.45. The second kappa shape index (κ2) is 4.41. The molecule has 0 aliphatic heterocycles. The van der Waals surface area contributed by atoms with Crippen LogP contribution < -0.4 is 5.32 Å². The van der Waals surface area contributed by atoms with E-state index in [1.807, 2.05) is 12.1 Å². The Labute approximate surface area is 98.0 Å². The van der Waals surface area contributed by atoms with E-state index in [0.717, 1.165) is 5.56 Å². The molecule has 0 atom stereocenters. The lowest BCUT2D eigenvalue weighted by atomic mass is 10.2. The fourth-order valence-corrected chi connectivity index (χ4v) is 1.47. The first kappa shape index (κ1) is 10.8. The minimum absolute atomic E-state index is 0.156. The third-order valence-electron chi connectivity index (χ3n) is 2.03. The van der Waals surface area contributed by atoms with Crippen molar-refractivity contribution in [3.63, 3.8) is 0 Å². The molecular formula is C12H10ClNO2. The molecule has 0 spiro atoms. The number of hydrogen-bond donors (Lipinski definition) is 1.